The Morgan fingerprint density at radius 3 is 2.46 bits per heavy atom. The number of esters is 1. The van der Waals surface area contributed by atoms with Crippen LogP contribution in [-0.2, 0) is 25.5 Å². The fourth-order valence-corrected chi connectivity index (χ4v) is 3.13. The van der Waals surface area contributed by atoms with E-state index in [4.69, 9.17) is 21.1 Å². The topological polar surface area (TPSA) is 64.6 Å². The van der Waals surface area contributed by atoms with E-state index in [2.05, 4.69) is 21.2 Å². The first-order valence-corrected chi connectivity index (χ1v) is 9.03. The van der Waals surface area contributed by atoms with E-state index in [9.17, 15) is 9.59 Å². The average molecular weight is 441 g/mol. The Morgan fingerprint density at radius 2 is 1.85 bits per heavy atom. The highest BCUT2D eigenvalue weighted by atomic mass is 79.9. The van der Waals surface area contributed by atoms with Crippen molar-refractivity contribution >= 4 is 39.4 Å². The van der Waals surface area contributed by atoms with Crippen molar-refractivity contribution in [1.29, 1.82) is 0 Å². The Kier molecular flexibility index (Phi) is 7.63. The molecule has 2 rings (SSSR count). The molecule has 0 radical (unpaired) electrons. The molecular weight excluding hydrogens is 422 g/mol. The average Bonchev–Trinajstić information content (AvgIpc) is 2.65. The number of methoxy groups -OCH3 is 2. The summed E-state index contributed by atoms with van der Waals surface area (Å²) in [6, 6.07) is 13.4. The standard InChI is InChI=1S/C19H19BrClNO4/c1-25-17(12-6-4-3-5-7-12)18(23)22-16(19(24)26-2)11-13-10-14(21)8-9-15(13)20/h3-10,16-17H,11H2,1-2H3,(H,22,23)/t16-,17-/m1/s1. The van der Waals surface area contributed by atoms with Crippen molar-refractivity contribution < 1.29 is 19.1 Å². The number of amides is 1. The van der Waals surface area contributed by atoms with Crippen molar-refractivity contribution in [1.82, 2.24) is 5.32 Å². The van der Waals surface area contributed by atoms with Gasteiger partial charge < -0.3 is 14.8 Å². The van der Waals surface area contributed by atoms with Gasteiger partial charge in [0.1, 0.15) is 6.04 Å². The minimum Gasteiger partial charge on any atom is -0.467 e. The van der Waals surface area contributed by atoms with Crippen LogP contribution >= 0.6 is 27.5 Å². The van der Waals surface area contributed by atoms with Crippen molar-refractivity contribution in [2.24, 2.45) is 0 Å². The molecule has 0 saturated carbocycles. The Labute approximate surface area is 165 Å². The van der Waals surface area contributed by atoms with Crippen LogP contribution in [0.15, 0.2) is 53.0 Å². The van der Waals surface area contributed by atoms with Gasteiger partial charge in [0.2, 0.25) is 0 Å². The van der Waals surface area contributed by atoms with Crippen molar-refractivity contribution in [3.63, 3.8) is 0 Å². The molecule has 0 bridgehead atoms. The van der Waals surface area contributed by atoms with Crippen molar-refractivity contribution in [3.05, 3.63) is 69.2 Å². The second kappa shape index (κ2) is 9.71. The highest BCUT2D eigenvalue weighted by molar-refractivity contribution is 9.10. The Bertz CT molecular complexity index is 769. The molecule has 26 heavy (non-hydrogen) atoms. The predicted octanol–water partition coefficient (Wildman–Crippen LogP) is 3.69. The molecule has 0 aromatic heterocycles. The van der Waals surface area contributed by atoms with Gasteiger partial charge >= 0.3 is 5.97 Å². The summed E-state index contributed by atoms with van der Waals surface area (Å²) in [6.07, 6.45) is -0.601. The number of carbonyl (C=O) groups is 2. The third kappa shape index (κ3) is 5.30. The molecule has 0 fully saturated rings. The Hall–Kier alpha value is -1.89. The first-order valence-electron chi connectivity index (χ1n) is 7.86. The smallest absolute Gasteiger partial charge is 0.328 e. The van der Waals surface area contributed by atoms with E-state index in [0.29, 0.717) is 10.6 Å². The molecule has 2 aromatic carbocycles. The van der Waals surface area contributed by atoms with Crippen molar-refractivity contribution in [2.75, 3.05) is 14.2 Å². The van der Waals surface area contributed by atoms with Crippen LogP contribution in [0.2, 0.25) is 5.02 Å². The molecule has 138 valence electrons. The molecule has 2 aromatic rings. The van der Waals surface area contributed by atoms with Gasteiger partial charge in [-0.25, -0.2) is 4.79 Å². The third-order valence-electron chi connectivity index (χ3n) is 3.81. The van der Waals surface area contributed by atoms with Crippen LogP contribution in [0, 0.1) is 0 Å². The lowest BCUT2D eigenvalue weighted by Crippen LogP contribution is -2.45. The maximum absolute atomic E-state index is 12.7. The second-order valence-electron chi connectivity index (χ2n) is 5.55. The van der Waals surface area contributed by atoms with E-state index in [1.165, 1.54) is 14.2 Å². The summed E-state index contributed by atoms with van der Waals surface area (Å²) in [5.74, 6) is -0.972. The zero-order valence-corrected chi connectivity index (χ0v) is 16.7. The van der Waals surface area contributed by atoms with Crippen LogP contribution in [0.5, 0.6) is 0 Å². The van der Waals surface area contributed by atoms with Gasteiger partial charge in [0.05, 0.1) is 7.11 Å². The summed E-state index contributed by atoms with van der Waals surface area (Å²) < 4.78 is 10.9. The van der Waals surface area contributed by atoms with Gasteiger partial charge in [-0.05, 0) is 29.3 Å². The van der Waals surface area contributed by atoms with E-state index in [1.807, 2.05) is 18.2 Å². The largest absolute Gasteiger partial charge is 0.467 e. The van der Waals surface area contributed by atoms with E-state index < -0.39 is 24.0 Å². The minimum atomic E-state index is -0.872. The zero-order valence-electron chi connectivity index (χ0n) is 14.4. The van der Waals surface area contributed by atoms with Crippen LogP contribution < -0.4 is 5.32 Å². The van der Waals surface area contributed by atoms with Crippen LogP contribution in [0.25, 0.3) is 0 Å². The van der Waals surface area contributed by atoms with Gasteiger partial charge in [-0.3, -0.25) is 4.79 Å². The van der Waals surface area contributed by atoms with Gasteiger partial charge in [0.15, 0.2) is 6.10 Å². The molecule has 7 heteroatoms. The summed E-state index contributed by atoms with van der Waals surface area (Å²) in [5.41, 5.74) is 1.47. The maximum Gasteiger partial charge on any atom is 0.328 e. The van der Waals surface area contributed by atoms with Gasteiger partial charge in [0.25, 0.3) is 5.91 Å². The molecule has 1 amide bonds. The molecule has 0 aliphatic rings. The van der Waals surface area contributed by atoms with Gasteiger partial charge in [0, 0.05) is 23.0 Å². The number of halogens is 2. The summed E-state index contributed by atoms with van der Waals surface area (Å²) in [7, 11) is 2.72. The molecule has 2 atom stereocenters. The van der Waals surface area contributed by atoms with Gasteiger partial charge in [-0.2, -0.15) is 0 Å². The number of nitrogens with one attached hydrogen (secondary N) is 1. The number of ether oxygens (including phenoxy) is 2. The molecule has 1 N–H and O–H groups in total. The molecule has 0 heterocycles. The van der Waals surface area contributed by atoms with Crippen LogP contribution in [0.1, 0.15) is 17.2 Å². The first kappa shape index (κ1) is 20.4. The lowest BCUT2D eigenvalue weighted by molar-refractivity contribution is -0.146. The molecule has 0 unspecified atom stereocenters. The highest BCUT2D eigenvalue weighted by Gasteiger charge is 2.28. The maximum atomic E-state index is 12.7. The summed E-state index contributed by atoms with van der Waals surface area (Å²) in [6.45, 7) is 0. The summed E-state index contributed by atoms with van der Waals surface area (Å²) >= 11 is 9.46. The van der Waals surface area contributed by atoms with Crippen molar-refractivity contribution in [2.45, 2.75) is 18.6 Å². The zero-order chi connectivity index (χ0) is 19.1. The normalized spacial score (nSPS) is 12.9. The molecule has 0 aliphatic heterocycles. The minimum absolute atomic E-state index is 0.227. The Balaban J connectivity index is 2.20. The first-order chi connectivity index (χ1) is 12.5. The van der Waals surface area contributed by atoms with Crippen LogP contribution in [0.3, 0.4) is 0 Å². The fraction of sp³-hybridized carbons (Fsp3) is 0.263. The Morgan fingerprint density at radius 1 is 1.15 bits per heavy atom. The molecule has 5 nitrogen and oxygen atoms in total. The highest BCUT2D eigenvalue weighted by Crippen LogP contribution is 2.23. The van der Waals surface area contributed by atoms with E-state index in [1.54, 1.807) is 30.3 Å². The number of benzene rings is 2. The third-order valence-corrected chi connectivity index (χ3v) is 4.82. The molecule has 0 aliphatic carbocycles. The fourth-order valence-electron chi connectivity index (χ4n) is 2.52. The quantitative estimate of drug-likeness (QED) is 0.667. The van der Waals surface area contributed by atoms with Crippen molar-refractivity contribution in [3.8, 4) is 0 Å². The molecular formula is C19H19BrClNO4. The number of carbonyl (C=O) groups excluding carboxylic acids is 2. The monoisotopic (exact) mass is 439 g/mol. The number of hydrogen-bond donors (Lipinski definition) is 1. The SMILES string of the molecule is COC(=O)[C@@H](Cc1cc(Cl)ccc1Br)NC(=O)[C@H](OC)c1ccccc1. The van der Waals surface area contributed by atoms with Crippen LogP contribution in [0.4, 0.5) is 0 Å². The van der Waals surface area contributed by atoms with Gasteiger partial charge in [-0.1, -0.05) is 57.9 Å². The van der Waals surface area contributed by atoms with Gasteiger partial charge in [-0.15, -0.1) is 0 Å². The van der Waals surface area contributed by atoms with E-state index in [-0.39, 0.29) is 6.42 Å². The van der Waals surface area contributed by atoms with E-state index >= 15 is 0 Å². The number of hydrogen-bond acceptors (Lipinski definition) is 4. The lowest BCUT2D eigenvalue weighted by atomic mass is 10.0. The second-order valence-corrected chi connectivity index (χ2v) is 6.84. The lowest BCUT2D eigenvalue weighted by Gasteiger charge is -2.21. The molecule has 0 spiro atoms. The predicted molar refractivity (Wildman–Crippen MR) is 103 cm³/mol. The summed E-state index contributed by atoms with van der Waals surface area (Å²) in [4.78, 5) is 24.8. The number of rotatable bonds is 7. The van der Waals surface area contributed by atoms with Crippen LogP contribution in [-0.4, -0.2) is 32.1 Å². The summed E-state index contributed by atoms with van der Waals surface area (Å²) in [5, 5.41) is 3.25. The van der Waals surface area contributed by atoms with E-state index in [0.717, 1.165) is 10.0 Å². The molecule has 0 saturated heterocycles.